The molecule has 1 heterocycles. The van der Waals surface area contributed by atoms with Crippen LogP contribution in [0.3, 0.4) is 0 Å². The first-order valence-electron chi connectivity index (χ1n) is 5.36. The molecule has 20 heavy (non-hydrogen) atoms. The molecule has 0 spiro atoms. The van der Waals surface area contributed by atoms with Crippen molar-refractivity contribution in [3.05, 3.63) is 42.2 Å². The molecule has 8 heteroatoms. The molecule has 0 fully saturated rings. The molecule has 0 amide bonds. The zero-order chi connectivity index (χ0) is 14.8. The smallest absolute Gasteiger partial charge is 0.416 e. The van der Waals surface area contributed by atoms with Gasteiger partial charge < -0.3 is 5.11 Å². The summed E-state index contributed by atoms with van der Waals surface area (Å²) in [6, 6.07) is 4.58. The van der Waals surface area contributed by atoms with Gasteiger partial charge in [-0.2, -0.15) is 13.2 Å². The molecule has 0 unspecified atom stereocenters. The number of nitrogens with zero attached hydrogens (tertiary/aromatic N) is 3. The molecule has 5 nitrogen and oxygen atoms in total. The Kier molecular flexibility index (Phi) is 3.55. The minimum atomic E-state index is -4.44. The van der Waals surface area contributed by atoms with Crippen molar-refractivity contribution in [2.24, 2.45) is 0 Å². The molecule has 0 aliphatic heterocycles. The van der Waals surface area contributed by atoms with E-state index >= 15 is 0 Å². The number of rotatable bonds is 3. The molecule has 2 aromatic rings. The van der Waals surface area contributed by atoms with Gasteiger partial charge in [-0.05, 0) is 12.1 Å². The predicted molar refractivity (Wildman–Crippen MR) is 63.4 cm³/mol. The zero-order valence-electron chi connectivity index (χ0n) is 9.87. The summed E-state index contributed by atoms with van der Waals surface area (Å²) in [4.78, 5) is 14.2. The first-order chi connectivity index (χ1) is 9.36. The average molecular weight is 283 g/mol. The number of carboxylic acid groups (broad SMARTS) is 1. The van der Waals surface area contributed by atoms with Gasteiger partial charge in [0.05, 0.1) is 5.56 Å². The predicted octanol–water partition coefficient (Wildman–Crippen LogP) is 2.52. The summed E-state index contributed by atoms with van der Waals surface area (Å²) in [7, 11) is 0. The number of carbonyl (C=O) groups is 1. The minimum absolute atomic E-state index is 0.0751. The number of hydrogen-bond acceptors (Lipinski definition) is 3. The second-order valence-corrected chi connectivity index (χ2v) is 3.78. The maximum Gasteiger partial charge on any atom is 0.416 e. The van der Waals surface area contributed by atoms with Crippen LogP contribution < -0.4 is 0 Å². The summed E-state index contributed by atoms with van der Waals surface area (Å²) < 4.78 is 38.8. The summed E-state index contributed by atoms with van der Waals surface area (Å²) >= 11 is 0. The van der Waals surface area contributed by atoms with E-state index in [1.165, 1.54) is 18.5 Å². The standard InChI is InChI=1S/C12H8F3N3O2/c13-12(14,15)9-3-1-2-8(6-9)11-16-7-18(17-11)5-4-10(19)20/h1-7H,(H,19,20). The molecule has 0 saturated heterocycles. The molecular weight excluding hydrogens is 275 g/mol. The van der Waals surface area contributed by atoms with Crippen molar-refractivity contribution >= 4 is 12.2 Å². The summed E-state index contributed by atoms with van der Waals surface area (Å²) in [5.41, 5.74) is -0.602. The zero-order valence-corrected chi connectivity index (χ0v) is 9.87. The molecule has 0 saturated carbocycles. The van der Waals surface area contributed by atoms with Crippen LogP contribution >= 0.6 is 0 Å². The first-order valence-corrected chi connectivity index (χ1v) is 5.36. The number of hydrogen-bond donors (Lipinski definition) is 1. The van der Waals surface area contributed by atoms with Gasteiger partial charge in [-0.25, -0.2) is 14.5 Å². The lowest BCUT2D eigenvalue weighted by Crippen LogP contribution is -2.04. The monoisotopic (exact) mass is 283 g/mol. The average Bonchev–Trinajstić information content (AvgIpc) is 2.84. The van der Waals surface area contributed by atoms with Crippen LogP contribution in [0.5, 0.6) is 0 Å². The van der Waals surface area contributed by atoms with Crippen LogP contribution in [0.2, 0.25) is 0 Å². The van der Waals surface area contributed by atoms with Gasteiger partial charge in [-0.15, -0.1) is 5.10 Å². The van der Waals surface area contributed by atoms with E-state index in [0.717, 1.165) is 29.1 Å². The first kappa shape index (κ1) is 13.8. The maximum atomic E-state index is 12.6. The largest absolute Gasteiger partial charge is 0.478 e. The summed E-state index contributed by atoms with van der Waals surface area (Å²) in [5, 5.41) is 12.3. The summed E-state index contributed by atoms with van der Waals surface area (Å²) in [5.74, 6) is -1.09. The van der Waals surface area contributed by atoms with Crippen LogP contribution in [0.15, 0.2) is 36.7 Å². The Morgan fingerprint density at radius 2 is 2.10 bits per heavy atom. The third-order valence-electron chi connectivity index (χ3n) is 2.33. The topological polar surface area (TPSA) is 68.0 Å². The second-order valence-electron chi connectivity index (χ2n) is 3.78. The van der Waals surface area contributed by atoms with Crippen LogP contribution in [-0.2, 0) is 11.0 Å². The Bertz CT molecular complexity index is 662. The Morgan fingerprint density at radius 3 is 2.75 bits per heavy atom. The number of aliphatic carboxylic acids is 1. The molecule has 0 aliphatic rings. The molecule has 1 aromatic heterocycles. The number of alkyl halides is 3. The quantitative estimate of drug-likeness (QED) is 0.879. The van der Waals surface area contributed by atoms with Gasteiger partial charge >= 0.3 is 12.1 Å². The third-order valence-corrected chi connectivity index (χ3v) is 2.33. The van der Waals surface area contributed by atoms with Crippen molar-refractivity contribution in [3.8, 4) is 11.4 Å². The van der Waals surface area contributed by atoms with Gasteiger partial charge in [0.15, 0.2) is 5.82 Å². The van der Waals surface area contributed by atoms with Crippen LogP contribution in [0.25, 0.3) is 17.6 Å². The van der Waals surface area contributed by atoms with Crippen molar-refractivity contribution in [1.82, 2.24) is 14.8 Å². The van der Waals surface area contributed by atoms with Gasteiger partial charge in [0, 0.05) is 17.8 Å². The Balaban J connectivity index is 2.31. The number of benzene rings is 1. The van der Waals surface area contributed by atoms with Crippen LogP contribution in [0.1, 0.15) is 5.56 Å². The van der Waals surface area contributed by atoms with Crippen molar-refractivity contribution in [1.29, 1.82) is 0 Å². The molecule has 104 valence electrons. The number of aromatic nitrogens is 3. The SMILES string of the molecule is O=C(O)C=Cn1cnc(-c2cccc(C(F)(F)F)c2)n1. The summed E-state index contributed by atoms with van der Waals surface area (Å²) in [6.07, 6.45) is -1.27. The van der Waals surface area contributed by atoms with Gasteiger partial charge in [-0.3, -0.25) is 0 Å². The fraction of sp³-hybridized carbons (Fsp3) is 0.0833. The van der Waals surface area contributed by atoms with E-state index < -0.39 is 17.7 Å². The Hall–Kier alpha value is -2.64. The summed E-state index contributed by atoms with van der Waals surface area (Å²) in [6.45, 7) is 0. The highest BCUT2D eigenvalue weighted by atomic mass is 19.4. The van der Waals surface area contributed by atoms with Crippen molar-refractivity contribution in [2.75, 3.05) is 0 Å². The van der Waals surface area contributed by atoms with Crippen LogP contribution in [0.4, 0.5) is 13.2 Å². The van der Waals surface area contributed by atoms with Gasteiger partial charge in [0.25, 0.3) is 0 Å². The fourth-order valence-electron chi connectivity index (χ4n) is 1.45. The third kappa shape index (κ3) is 3.22. The van der Waals surface area contributed by atoms with Crippen LogP contribution in [-0.4, -0.2) is 25.8 Å². The van der Waals surface area contributed by atoms with E-state index in [1.807, 2.05) is 0 Å². The van der Waals surface area contributed by atoms with Gasteiger partial charge in [0.2, 0.25) is 0 Å². The number of carboxylic acids is 1. The van der Waals surface area contributed by atoms with E-state index in [9.17, 15) is 18.0 Å². The molecule has 1 N–H and O–H groups in total. The molecule has 0 radical (unpaired) electrons. The van der Waals surface area contributed by atoms with Crippen molar-refractivity contribution < 1.29 is 23.1 Å². The van der Waals surface area contributed by atoms with Crippen molar-refractivity contribution in [2.45, 2.75) is 6.18 Å². The number of halogens is 3. The normalized spacial score (nSPS) is 11.9. The highest BCUT2D eigenvalue weighted by Crippen LogP contribution is 2.31. The van der Waals surface area contributed by atoms with E-state index in [1.54, 1.807) is 0 Å². The van der Waals surface area contributed by atoms with Crippen LogP contribution in [0, 0.1) is 0 Å². The Labute approximate surface area is 111 Å². The lowest BCUT2D eigenvalue weighted by atomic mass is 10.1. The Morgan fingerprint density at radius 1 is 1.35 bits per heavy atom. The molecule has 0 atom stereocenters. The van der Waals surface area contributed by atoms with Gasteiger partial charge in [-0.1, -0.05) is 12.1 Å². The maximum absolute atomic E-state index is 12.6. The van der Waals surface area contributed by atoms with E-state index in [0.29, 0.717) is 0 Å². The molecule has 2 rings (SSSR count). The lowest BCUT2D eigenvalue weighted by molar-refractivity contribution is -0.137. The van der Waals surface area contributed by atoms with Crippen molar-refractivity contribution in [3.63, 3.8) is 0 Å². The second kappa shape index (κ2) is 5.16. The van der Waals surface area contributed by atoms with E-state index in [-0.39, 0.29) is 11.4 Å². The molecule has 0 aliphatic carbocycles. The molecule has 1 aromatic carbocycles. The van der Waals surface area contributed by atoms with E-state index in [4.69, 9.17) is 5.11 Å². The highest BCUT2D eigenvalue weighted by molar-refractivity contribution is 5.82. The highest BCUT2D eigenvalue weighted by Gasteiger charge is 2.30. The fourth-order valence-corrected chi connectivity index (χ4v) is 1.45. The molecule has 0 bridgehead atoms. The molecular formula is C12H8F3N3O2. The van der Waals surface area contributed by atoms with E-state index in [2.05, 4.69) is 10.1 Å². The lowest BCUT2D eigenvalue weighted by Gasteiger charge is -2.06. The van der Waals surface area contributed by atoms with Gasteiger partial charge in [0.1, 0.15) is 6.33 Å². The minimum Gasteiger partial charge on any atom is -0.478 e.